The lowest BCUT2D eigenvalue weighted by molar-refractivity contribution is -0.0294. The number of carbonyl (C=O) groups excluding carboxylic acids is 3. The molecule has 14 nitrogen and oxygen atoms in total. The zero-order valence-corrected chi connectivity index (χ0v) is 34.4. The molecule has 0 saturated heterocycles. The second-order valence-corrected chi connectivity index (χ2v) is 15.9. The predicted molar refractivity (Wildman–Crippen MR) is 214 cm³/mol. The Morgan fingerprint density at radius 1 is 0.745 bits per heavy atom. The summed E-state index contributed by atoms with van der Waals surface area (Å²) in [6.45, 7) is 20.9. The summed E-state index contributed by atoms with van der Waals surface area (Å²) in [5.41, 5.74) is 10.6. The highest BCUT2D eigenvalue weighted by Gasteiger charge is 2.24. The number of nitrogens with two attached hydrogens (primary N) is 1. The SMILES string of the molecule is CC#N.CC(C)(C)OC(=O)OC(=O)OC(C)(C)C.Cc1ccc2[nH]cc(C[C@@H](CO)NC(=O)OC(C)(C)C)c2c1.Cc1ccc2[nH]cc(C[C@H](N)CO)c2c1. The molecule has 0 fully saturated rings. The van der Waals surface area contributed by atoms with Crippen LogP contribution >= 0.6 is 0 Å². The Morgan fingerprint density at radius 2 is 1.15 bits per heavy atom. The van der Waals surface area contributed by atoms with Crippen LogP contribution in [0.3, 0.4) is 0 Å². The highest BCUT2D eigenvalue weighted by atomic mass is 16.8. The highest BCUT2D eigenvalue weighted by Crippen LogP contribution is 2.22. The van der Waals surface area contributed by atoms with Gasteiger partial charge in [0.25, 0.3) is 0 Å². The van der Waals surface area contributed by atoms with E-state index in [1.165, 1.54) is 29.0 Å². The number of amides is 1. The monoisotopic (exact) mass is 767 g/mol. The van der Waals surface area contributed by atoms with Crippen LogP contribution in [0.15, 0.2) is 48.8 Å². The minimum Gasteiger partial charge on any atom is -0.444 e. The van der Waals surface area contributed by atoms with Gasteiger partial charge in [0.05, 0.1) is 25.3 Å². The summed E-state index contributed by atoms with van der Waals surface area (Å²) < 4.78 is 19.0. The highest BCUT2D eigenvalue weighted by molar-refractivity contribution is 5.84. The number of benzene rings is 2. The van der Waals surface area contributed by atoms with Crippen LogP contribution in [0, 0.1) is 25.2 Å². The smallest absolute Gasteiger partial charge is 0.444 e. The molecule has 7 N–H and O–H groups in total. The summed E-state index contributed by atoms with van der Waals surface area (Å²) in [6.07, 6.45) is 2.51. The lowest BCUT2D eigenvalue weighted by Gasteiger charge is -2.22. The maximum atomic E-state index is 11.8. The van der Waals surface area contributed by atoms with Gasteiger partial charge in [0.2, 0.25) is 0 Å². The number of nitrogens with one attached hydrogen (secondary N) is 3. The third-order valence-electron chi connectivity index (χ3n) is 6.92. The molecule has 0 spiro atoms. The van der Waals surface area contributed by atoms with Crippen molar-refractivity contribution in [2.24, 2.45) is 5.73 Å². The molecule has 0 radical (unpaired) electrons. The number of fused-ring (bicyclic) bond motifs is 2. The number of ether oxygens (including phenoxy) is 4. The van der Waals surface area contributed by atoms with Crippen molar-refractivity contribution in [1.82, 2.24) is 15.3 Å². The van der Waals surface area contributed by atoms with Gasteiger partial charge in [0.1, 0.15) is 16.8 Å². The molecule has 55 heavy (non-hydrogen) atoms. The number of aliphatic hydroxyl groups excluding tert-OH is 2. The largest absolute Gasteiger partial charge is 0.519 e. The second kappa shape index (κ2) is 21.7. The maximum absolute atomic E-state index is 11.8. The molecular weight excluding hydrogens is 706 g/mol. The average Bonchev–Trinajstić information content (AvgIpc) is 3.61. The van der Waals surface area contributed by atoms with Gasteiger partial charge in [-0.15, -0.1) is 0 Å². The summed E-state index contributed by atoms with van der Waals surface area (Å²) in [7, 11) is 0. The fourth-order valence-electron chi connectivity index (χ4n) is 4.78. The van der Waals surface area contributed by atoms with Crippen LogP contribution in [0.1, 0.15) is 91.5 Å². The number of aryl methyl sites for hydroxylation is 2. The van der Waals surface area contributed by atoms with Gasteiger partial charge >= 0.3 is 18.4 Å². The number of alkyl carbamates (subject to hydrolysis) is 1. The van der Waals surface area contributed by atoms with E-state index >= 15 is 0 Å². The molecule has 0 bridgehead atoms. The number of rotatable bonds is 7. The van der Waals surface area contributed by atoms with Crippen molar-refractivity contribution in [3.63, 3.8) is 0 Å². The van der Waals surface area contributed by atoms with Gasteiger partial charge in [0, 0.05) is 47.2 Å². The number of nitrogens with zero attached hydrogens (tertiary/aromatic N) is 1. The number of H-pyrrole nitrogens is 2. The molecule has 4 aromatic rings. The second-order valence-electron chi connectivity index (χ2n) is 15.9. The first-order valence-electron chi connectivity index (χ1n) is 17.9. The zero-order valence-electron chi connectivity index (χ0n) is 34.4. The van der Waals surface area contributed by atoms with Gasteiger partial charge in [0.15, 0.2) is 0 Å². The Bertz CT molecular complexity index is 1830. The quantitative estimate of drug-likeness (QED) is 0.0609. The Kier molecular flexibility index (Phi) is 18.9. The summed E-state index contributed by atoms with van der Waals surface area (Å²) in [5.74, 6) is 0. The summed E-state index contributed by atoms with van der Waals surface area (Å²) in [6, 6.07) is 13.7. The normalized spacial score (nSPS) is 12.3. The van der Waals surface area contributed by atoms with E-state index in [1.54, 1.807) is 47.6 Å². The van der Waals surface area contributed by atoms with E-state index < -0.39 is 35.2 Å². The minimum absolute atomic E-state index is 0.0263. The average molecular weight is 768 g/mol. The molecular formula is C41H61N5O9. The first kappa shape index (κ1) is 47.9. The summed E-state index contributed by atoms with van der Waals surface area (Å²) in [5, 5.41) is 30.8. The molecule has 0 aliphatic heterocycles. The van der Waals surface area contributed by atoms with Crippen LogP contribution < -0.4 is 11.1 Å². The molecule has 0 aliphatic rings. The van der Waals surface area contributed by atoms with E-state index in [4.69, 9.17) is 30.3 Å². The van der Waals surface area contributed by atoms with Crippen molar-refractivity contribution >= 4 is 40.2 Å². The summed E-state index contributed by atoms with van der Waals surface area (Å²) >= 11 is 0. The van der Waals surface area contributed by atoms with Gasteiger partial charge in [-0.1, -0.05) is 23.3 Å². The molecule has 0 aliphatic carbocycles. The lowest BCUT2D eigenvalue weighted by atomic mass is 10.0. The van der Waals surface area contributed by atoms with Crippen molar-refractivity contribution in [3.8, 4) is 6.07 Å². The minimum atomic E-state index is -1.06. The van der Waals surface area contributed by atoms with Gasteiger partial charge in [-0.25, -0.2) is 14.4 Å². The van der Waals surface area contributed by atoms with E-state index in [1.807, 2.05) is 52.2 Å². The third-order valence-corrected chi connectivity index (χ3v) is 6.92. The van der Waals surface area contributed by atoms with Gasteiger partial charge in [-0.2, -0.15) is 5.26 Å². The Hall–Kier alpha value is -5.10. The van der Waals surface area contributed by atoms with Crippen molar-refractivity contribution in [1.29, 1.82) is 5.26 Å². The van der Waals surface area contributed by atoms with Crippen LogP contribution in [-0.2, 0) is 31.8 Å². The molecule has 2 aromatic heterocycles. The number of aromatic nitrogens is 2. The molecule has 1 amide bonds. The maximum Gasteiger partial charge on any atom is 0.519 e. The number of nitriles is 1. The fraction of sp³-hybridized carbons (Fsp3) is 0.512. The molecule has 0 unspecified atom stereocenters. The Morgan fingerprint density at radius 3 is 1.51 bits per heavy atom. The Balaban J connectivity index is 0.000000408. The summed E-state index contributed by atoms with van der Waals surface area (Å²) in [4.78, 5) is 40.3. The van der Waals surface area contributed by atoms with E-state index in [-0.39, 0.29) is 25.3 Å². The third kappa shape index (κ3) is 19.7. The van der Waals surface area contributed by atoms with E-state index in [0.29, 0.717) is 12.8 Å². The molecule has 14 heteroatoms. The zero-order chi connectivity index (χ0) is 42.1. The van der Waals surface area contributed by atoms with Crippen LogP contribution in [-0.4, -0.2) is 80.7 Å². The van der Waals surface area contributed by atoms with E-state index in [0.717, 1.165) is 22.0 Å². The van der Waals surface area contributed by atoms with Crippen molar-refractivity contribution in [3.05, 3.63) is 71.0 Å². The van der Waals surface area contributed by atoms with E-state index in [2.05, 4.69) is 51.2 Å². The molecule has 2 aromatic carbocycles. The standard InChI is InChI=1S/C17H24N2O3.C12H16N2O.C10H18O5.C2H3N/c1-11-5-6-15-14(7-11)12(9-18-15)8-13(10-20)19-16(21)22-17(2,3)4;1-8-2-3-12-11(4-8)9(6-14-12)5-10(13)7-15;1-9(2,3)14-7(11)13-8(12)15-10(4,5)6;1-2-3/h5-7,9,13,18,20H,8,10H2,1-4H3,(H,19,21);2-4,6,10,14-15H,5,7,13H2,1H3;1-6H3;1H3/t13-;10-;;/m00../s1. The van der Waals surface area contributed by atoms with Crippen molar-refractivity contribution in [2.75, 3.05) is 13.2 Å². The Labute approximate surface area is 324 Å². The first-order valence-corrected chi connectivity index (χ1v) is 17.9. The van der Waals surface area contributed by atoms with Crippen molar-refractivity contribution < 1.29 is 43.5 Å². The number of hydrogen-bond donors (Lipinski definition) is 6. The molecule has 2 heterocycles. The number of hydrogen-bond acceptors (Lipinski definition) is 11. The molecule has 2 atom stereocenters. The van der Waals surface area contributed by atoms with Gasteiger partial charge < -0.3 is 50.2 Å². The number of carbonyl (C=O) groups is 3. The topological polar surface area (TPSA) is 222 Å². The molecule has 304 valence electrons. The van der Waals surface area contributed by atoms with Crippen LogP contribution in [0.5, 0.6) is 0 Å². The first-order chi connectivity index (χ1) is 25.4. The van der Waals surface area contributed by atoms with Gasteiger partial charge in [-0.3, -0.25) is 0 Å². The predicted octanol–water partition coefficient (Wildman–Crippen LogP) is 7.65. The number of aromatic amines is 2. The molecule has 0 saturated carbocycles. The van der Waals surface area contributed by atoms with Crippen LogP contribution in [0.4, 0.5) is 14.4 Å². The van der Waals surface area contributed by atoms with Gasteiger partial charge in [-0.05, 0) is 124 Å². The van der Waals surface area contributed by atoms with Crippen molar-refractivity contribution in [2.45, 2.75) is 125 Å². The van der Waals surface area contributed by atoms with Crippen LogP contribution in [0.2, 0.25) is 0 Å². The fourth-order valence-corrected chi connectivity index (χ4v) is 4.78. The number of aliphatic hydroxyl groups is 2. The van der Waals surface area contributed by atoms with Crippen LogP contribution in [0.25, 0.3) is 21.8 Å². The van der Waals surface area contributed by atoms with E-state index in [9.17, 15) is 19.5 Å². The lowest BCUT2D eigenvalue weighted by Crippen LogP contribution is -2.42. The molecule has 4 rings (SSSR count).